The largest absolute Gasteiger partial charge is 0.497 e. The number of carbonyl (C=O) groups excluding carboxylic acids is 2. The van der Waals surface area contributed by atoms with Crippen molar-refractivity contribution in [2.24, 2.45) is 0 Å². The van der Waals surface area contributed by atoms with Gasteiger partial charge in [-0.15, -0.1) is 0 Å². The van der Waals surface area contributed by atoms with Crippen LogP contribution in [-0.2, 0) is 22.6 Å². The highest BCUT2D eigenvalue weighted by molar-refractivity contribution is 5.88. The van der Waals surface area contributed by atoms with Crippen molar-refractivity contribution in [1.29, 1.82) is 0 Å². The Bertz CT molecular complexity index is 848. The quantitative estimate of drug-likeness (QED) is 0.701. The lowest BCUT2D eigenvalue weighted by atomic mass is 10.0. The van der Waals surface area contributed by atoms with E-state index in [0.717, 1.165) is 34.4 Å². The summed E-state index contributed by atoms with van der Waals surface area (Å²) in [5.41, 5.74) is 4.11. The smallest absolute Gasteiger partial charge is 0.242 e. The van der Waals surface area contributed by atoms with E-state index in [0.29, 0.717) is 13.1 Å². The average molecular weight is 397 g/mol. The molecule has 0 saturated carbocycles. The highest BCUT2D eigenvalue weighted by atomic mass is 16.5. The van der Waals surface area contributed by atoms with Crippen molar-refractivity contribution < 1.29 is 14.3 Å². The summed E-state index contributed by atoms with van der Waals surface area (Å²) in [5.74, 6) is 0.525. The van der Waals surface area contributed by atoms with Gasteiger partial charge in [0.05, 0.1) is 13.5 Å². The predicted molar refractivity (Wildman–Crippen MR) is 116 cm³/mol. The van der Waals surface area contributed by atoms with E-state index in [4.69, 9.17) is 4.74 Å². The Balaban J connectivity index is 2.27. The van der Waals surface area contributed by atoms with Crippen LogP contribution in [0.5, 0.6) is 5.75 Å². The van der Waals surface area contributed by atoms with Gasteiger partial charge >= 0.3 is 0 Å². The molecule has 1 atom stereocenters. The number of amides is 2. The maximum atomic E-state index is 13.3. The van der Waals surface area contributed by atoms with E-state index in [-0.39, 0.29) is 18.2 Å². The molecule has 0 aliphatic heterocycles. The van der Waals surface area contributed by atoms with Crippen LogP contribution in [0, 0.1) is 13.8 Å². The number of ether oxygens (including phenoxy) is 1. The van der Waals surface area contributed by atoms with Gasteiger partial charge in [-0.05, 0) is 56.0 Å². The molecule has 0 fully saturated rings. The van der Waals surface area contributed by atoms with Crippen molar-refractivity contribution in [1.82, 2.24) is 10.2 Å². The van der Waals surface area contributed by atoms with Crippen molar-refractivity contribution in [2.45, 2.75) is 53.1 Å². The van der Waals surface area contributed by atoms with Crippen molar-refractivity contribution in [3.05, 3.63) is 64.7 Å². The van der Waals surface area contributed by atoms with Gasteiger partial charge in [-0.25, -0.2) is 0 Å². The summed E-state index contributed by atoms with van der Waals surface area (Å²) in [6.45, 7) is 8.76. The standard InChI is InChI=1S/C24H32N2O3/c1-6-12-25-24(28)19(4)26(16-20-8-7-9-22(14-20)29-5)23(27)15-21-13-17(2)10-11-18(21)3/h7-11,13-14,19H,6,12,15-16H2,1-5H3,(H,25,28)/t19-/m0/s1. The number of nitrogens with zero attached hydrogens (tertiary/aromatic N) is 1. The van der Waals surface area contributed by atoms with E-state index in [2.05, 4.69) is 5.32 Å². The molecular formula is C24H32N2O3. The molecule has 2 rings (SSSR count). The maximum Gasteiger partial charge on any atom is 0.242 e. The summed E-state index contributed by atoms with van der Waals surface area (Å²) in [5, 5.41) is 2.90. The van der Waals surface area contributed by atoms with Crippen LogP contribution in [0.25, 0.3) is 0 Å². The zero-order valence-corrected chi connectivity index (χ0v) is 18.1. The Morgan fingerprint density at radius 1 is 1.14 bits per heavy atom. The van der Waals surface area contributed by atoms with Gasteiger partial charge in [0.1, 0.15) is 11.8 Å². The lowest BCUT2D eigenvalue weighted by Gasteiger charge is -2.29. The Hall–Kier alpha value is -2.82. The average Bonchev–Trinajstić information content (AvgIpc) is 2.72. The van der Waals surface area contributed by atoms with E-state index >= 15 is 0 Å². The molecule has 2 aromatic rings. The van der Waals surface area contributed by atoms with Crippen LogP contribution in [0.2, 0.25) is 0 Å². The molecule has 0 radical (unpaired) electrons. The zero-order chi connectivity index (χ0) is 21.4. The summed E-state index contributed by atoms with van der Waals surface area (Å²) >= 11 is 0. The molecule has 0 aliphatic carbocycles. The molecular weight excluding hydrogens is 364 g/mol. The van der Waals surface area contributed by atoms with Crippen LogP contribution >= 0.6 is 0 Å². The number of rotatable bonds is 9. The molecule has 1 N–H and O–H groups in total. The zero-order valence-electron chi connectivity index (χ0n) is 18.1. The molecule has 2 aromatic carbocycles. The molecule has 0 saturated heterocycles. The number of carbonyl (C=O) groups is 2. The fraction of sp³-hybridized carbons (Fsp3) is 0.417. The van der Waals surface area contributed by atoms with Gasteiger partial charge in [0.15, 0.2) is 0 Å². The van der Waals surface area contributed by atoms with E-state index in [9.17, 15) is 9.59 Å². The normalized spacial score (nSPS) is 11.6. The lowest BCUT2D eigenvalue weighted by molar-refractivity contribution is -0.140. The fourth-order valence-electron chi connectivity index (χ4n) is 3.20. The molecule has 5 nitrogen and oxygen atoms in total. The van der Waals surface area contributed by atoms with Crippen LogP contribution in [0.4, 0.5) is 0 Å². The molecule has 0 heterocycles. The summed E-state index contributed by atoms with van der Waals surface area (Å²) < 4.78 is 5.30. The molecule has 0 unspecified atom stereocenters. The monoisotopic (exact) mass is 396 g/mol. The minimum absolute atomic E-state index is 0.0688. The highest BCUT2D eigenvalue weighted by Crippen LogP contribution is 2.18. The summed E-state index contributed by atoms with van der Waals surface area (Å²) in [6.07, 6.45) is 1.12. The van der Waals surface area contributed by atoms with Crippen LogP contribution in [0.15, 0.2) is 42.5 Å². The van der Waals surface area contributed by atoms with E-state index in [1.165, 1.54) is 0 Å². The molecule has 29 heavy (non-hydrogen) atoms. The second-order valence-electron chi connectivity index (χ2n) is 7.45. The van der Waals surface area contributed by atoms with Crippen LogP contribution in [0.1, 0.15) is 42.5 Å². The summed E-state index contributed by atoms with van der Waals surface area (Å²) in [4.78, 5) is 27.5. The Labute approximate surface area is 174 Å². The van der Waals surface area contributed by atoms with E-state index < -0.39 is 6.04 Å². The molecule has 0 aliphatic rings. The predicted octanol–water partition coefficient (Wildman–Crippen LogP) is 3.80. The van der Waals surface area contributed by atoms with E-state index in [1.54, 1.807) is 18.9 Å². The Kier molecular flexibility index (Phi) is 8.25. The van der Waals surface area contributed by atoms with Gasteiger partial charge in [-0.1, -0.05) is 42.8 Å². The number of hydrogen-bond donors (Lipinski definition) is 1. The van der Waals surface area contributed by atoms with Crippen molar-refractivity contribution in [3.8, 4) is 5.75 Å². The summed E-state index contributed by atoms with van der Waals surface area (Å²) in [6, 6.07) is 13.1. The number of hydrogen-bond acceptors (Lipinski definition) is 3. The molecule has 0 aromatic heterocycles. The Morgan fingerprint density at radius 3 is 2.59 bits per heavy atom. The maximum absolute atomic E-state index is 13.3. The van der Waals surface area contributed by atoms with E-state index in [1.807, 2.05) is 63.2 Å². The van der Waals surface area contributed by atoms with Gasteiger partial charge < -0.3 is 15.0 Å². The second-order valence-corrected chi connectivity index (χ2v) is 7.45. The van der Waals surface area contributed by atoms with Crippen molar-refractivity contribution in [3.63, 3.8) is 0 Å². The number of methoxy groups -OCH3 is 1. The first-order chi connectivity index (χ1) is 13.8. The topological polar surface area (TPSA) is 58.6 Å². The molecule has 0 bridgehead atoms. The third-order valence-electron chi connectivity index (χ3n) is 5.05. The van der Waals surface area contributed by atoms with Crippen LogP contribution < -0.4 is 10.1 Å². The van der Waals surface area contributed by atoms with Gasteiger partial charge in [-0.2, -0.15) is 0 Å². The first kappa shape index (κ1) is 22.5. The first-order valence-corrected chi connectivity index (χ1v) is 10.1. The van der Waals surface area contributed by atoms with Crippen LogP contribution in [0.3, 0.4) is 0 Å². The highest BCUT2D eigenvalue weighted by Gasteiger charge is 2.26. The van der Waals surface area contributed by atoms with Crippen molar-refractivity contribution in [2.75, 3.05) is 13.7 Å². The third-order valence-corrected chi connectivity index (χ3v) is 5.05. The van der Waals surface area contributed by atoms with Crippen molar-refractivity contribution >= 4 is 11.8 Å². The molecule has 5 heteroatoms. The number of nitrogens with one attached hydrogen (secondary N) is 1. The fourth-order valence-corrected chi connectivity index (χ4v) is 3.20. The molecule has 0 spiro atoms. The van der Waals surface area contributed by atoms with Gasteiger partial charge in [0, 0.05) is 13.1 Å². The summed E-state index contributed by atoms with van der Waals surface area (Å²) in [7, 11) is 1.61. The minimum atomic E-state index is -0.564. The van der Waals surface area contributed by atoms with Crippen LogP contribution in [-0.4, -0.2) is 36.4 Å². The third kappa shape index (κ3) is 6.34. The SMILES string of the molecule is CCCNC(=O)[C@H](C)N(Cc1cccc(OC)c1)C(=O)Cc1cc(C)ccc1C. The van der Waals surface area contributed by atoms with Gasteiger partial charge in [0.25, 0.3) is 0 Å². The lowest BCUT2D eigenvalue weighted by Crippen LogP contribution is -2.48. The second kappa shape index (κ2) is 10.6. The van der Waals surface area contributed by atoms with Gasteiger partial charge in [0.2, 0.25) is 11.8 Å². The minimum Gasteiger partial charge on any atom is -0.497 e. The molecule has 156 valence electrons. The Morgan fingerprint density at radius 2 is 1.90 bits per heavy atom. The number of aryl methyl sites for hydroxylation is 2. The number of benzene rings is 2. The molecule has 2 amide bonds. The first-order valence-electron chi connectivity index (χ1n) is 10.1. The van der Waals surface area contributed by atoms with Gasteiger partial charge in [-0.3, -0.25) is 9.59 Å².